The smallest absolute Gasteiger partial charge is 0.149 e. The molecule has 2 nitrogen and oxygen atoms in total. The van der Waals surface area contributed by atoms with Gasteiger partial charge in [-0.25, -0.2) is 4.39 Å². The van der Waals surface area contributed by atoms with E-state index in [2.05, 4.69) is 5.32 Å². The minimum Gasteiger partial charge on any atom is -0.380 e. The van der Waals surface area contributed by atoms with Gasteiger partial charge in [-0.1, -0.05) is 12.1 Å². The molecule has 0 unspecified atom stereocenters. The van der Waals surface area contributed by atoms with Gasteiger partial charge >= 0.3 is 0 Å². The van der Waals surface area contributed by atoms with Crippen LogP contribution in [-0.2, 0) is 0 Å². The molecule has 1 aromatic carbocycles. The van der Waals surface area contributed by atoms with Crippen molar-refractivity contribution in [2.45, 2.75) is 31.8 Å². The summed E-state index contributed by atoms with van der Waals surface area (Å²) < 4.78 is 13.5. The monoisotopic (exact) mass is 194 g/mol. The van der Waals surface area contributed by atoms with E-state index >= 15 is 0 Å². The molecule has 2 rings (SSSR count). The van der Waals surface area contributed by atoms with Crippen LogP contribution in [0.5, 0.6) is 0 Å². The van der Waals surface area contributed by atoms with Crippen LogP contribution >= 0.6 is 0 Å². The van der Waals surface area contributed by atoms with Gasteiger partial charge in [-0.2, -0.15) is 0 Å². The highest BCUT2D eigenvalue weighted by Crippen LogP contribution is 2.25. The zero-order valence-corrected chi connectivity index (χ0v) is 8.26. The Morgan fingerprint density at radius 3 is 2.79 bits per heavy atom. The summed E-state index contributed by atoms with van der Waals surface area (Å²) in [6, 6.07) is 6.04. The largest absolute Gasteiger partial charge is 0.380 e. The summed E-state index contributed by atoms with van der Waals surface area (Å²) in [5.41, 5.74) is 6.93. The Balaban J connectivity index is 2.06. The van der Waals surface area contributed by atoms with Crippen molar-refractivity contribution in [3.05, 3.63) is 29.6 Å². The van der Waals surface area contributed by atoms with Crippen molar-refractivity contribution in [2.24, 2.45) is 5.73 Å². The number of aryl methyl sites for hydroxylation is 1. The fourth-order valence-electron chi connectivity index (χ4n) is 1.76. The molecule has 0 radical (unpaired) electrons. The summed E-state index contributed by atoms with van der Waals surface area (Å²) in [6.45, 7) is 1.77. The van der Waals surface area contributed by atoms with Crippen molar-refractivity contribution in [2.75, 3.05) is 5.32 Å². The van der Waals surface area contributed by atoms with E-state index in [1.165, 1.54) is 0 Å². The van der Waals surface area contributed by atoms with E-state index in [4.69, 9.17) is 5.73 Å². The lowest BCUT2D eigenvalue weighted by molar-refractivity contribution is 0.372. The molecular weight excluding hydrogens is 179 g/mol. The zero-order valence-electron chi connectivity index (χ0n) is 8.26. The maximum Gasteiger partial charge on any atom is 0.149 e. The summed E-state index contributed by atoms with van der Waals surface area (Å²) in [4.78, 5) is 0. The Bertz CT molecular complexity index is 332. The quantitative estimate of drug-likeness (QED) is 0.756. The summed E-state index contributed by atoms with van der Waals surface area (Å²) in [5.74, 6) is -0.145. The molecule has 3 N–H and O–H groups in total. The van der Waals surface area contributed by atoms with Crippen LogP contribution in [0.25, 0.3) is 0 Å². The first-order valence-electron chi connectivity index (χ1n) is 4.94. The van der Waals surface area contributed by atoms with Gasteiger partial charge < -0.3 is 11.1 Å². The number of anilines is 1. The Hall–Kier alpha value is -1.09. The standard InChI is InChI=1S/C11H15FN2/c1-7-3-2-4-10(11(7)12)14-9-5-8(13)6-9/h2-4,8-9,14H,5-6,13H2,1H3. The highest BCUT2D eigenvalue weighted by molar-refractivity contribution is 5.48. The third-order valence-corrected chi connectivity index (χ3v) is 2.73. The minimum atomic E-state index is -0.145. The van der Waals surface area contributed by atoms with Crippen molar-refractivity contribution >= 4 is 5.69 Å². The van der Waals surface area contributed by atoms with Crippen LogP contribution in [0.2, 0.25) is 0 Å². The van der Waals surface area contributed by atoms with Crippen LogP contribution in [0.15, 0.2) is 18.2 Å². The lowest BCUT2D eigenvalue weighted by Crippen LogP contribution is -2.44. The number of nitrogens with two attached hydrogens (primary N) is 1. The Kier molecular flexibility index (Phi) is 2.42. The van der Waals surface area contributed by atoms with Gasteiger partial charge in [0.15, 0.2) is 0 Å². The molecule has 0 aromatic heterocycles. The molecule has 0 aliphatic heterocycles. The molecule has 0 atom stereocenters. The normalized spacial score (nSPS) is 25.6. The Labute approximate surface area is 83.3 Å². The van der Waals surface area contributed by atoms with Crippen molar-refractivity contribution in [1.82, 2.24) is 0 Å². The lowest BCUT2D eigenvalue weighted by atomic mass is 9.87. The van der Waals surface area contributed by atoms with E-state index in [-0.39, 0.29) is 5.82 Å². The van der Waals surface area contributed by atoms with Crippen molar-refractivity contribution in [1.29, 1.82) is 0 Å². The van der Waals surface area contributed by atoms with Gasteiger partial charge in [0.05, 0.1) is 5.69 Å². The van der Waals surface area contributed by atoms with Crippen molar-refractivity contribution in [3.63, 3.8) is 0 Å². The number of rotatable bonds is 2. The molecule has 0 saturated heterocycles. The van der Waals surface area contributed by atoms with E-state index in [1.807, 2.05) is 6.07 Å². The van der Waals surface area contributed by atoms with Gasteiger partial charge in [-0.3, -0.25) is 0 Å². The van der Waals surface area contributed by atoms with Crippen LogP contribution in [0.1, 0.15) is 18.4 Å². The van der Waals surface area contributed by atoms with Gasteiger partial charge in [-0.15, -0.1) is 0 Å². The summed E-state index contributed by atoms with van der Waals surface area (Å²) in [5, 5.41) is 3.16. The SMILES string of the molecule is Cc1cccc(NC2CC(N)C2)c1F. The molecule has 0 bridgehead atoms. The number of hydrogen-bond donors (Lipinski definition) is 2. The van der Waals surface area contributed by atoms with E-state index < -0.39 is 0 Å². The van der Waals surface area contributed by atoms with E-state index in [0.717, 1.165) is 12.8 Å². The topological polar surface area (TPSA) is 38.0 Å². The van der Waals surface area contributed by atoms with Gasteiger partial charge in [0.1, 0.15) is 5.82 Å². The first kappa shape index (κ1) is 9.46. The molecule has 3 heteroatoms. The van der Waals surface area contributed by atoms with Gasteiger partial charge in [0, 0.05) is 12.1 Å². The summed E-state index contributed by atoms with van der Waals surface area (Å²) in [7, 11) is 0. The van der Waals surface area contributed by atoms with Crippen LogP contribution in [0.4, 0.5) is 10.1 Å². The molecule has 76 valence electrons. The fraction of sp³-hybridized carbons (Fsp3) is 0.455. The molecule has 1 aliphatic rings. The van der Waals surface area contributed by atoms with E-state index in [1.54, 1.807) is 19.1 Å². The Morgan fingerprint density at radius 2 is 2.14 bits per heavy atom. The molecule has 1 aromatic rings. The number of halogens is 1. The minimum absolute atomic E-state index is 0.145. The van der Waals surface area contributed by atoms with E-state index in [9.17, 15) is 4.39 Å². The predicted octanol–water partition coefficient (Wildman–Crippen LogP) is 2.04. The first-order valence-corrected chi connectivity index (χ1v) is 4.94. The van der Waals surface area contributed by atoms with Crippen LogP contribution in [-0.4, -0.2) is 12.1 Å². The van der Waals surface area contributed by atoms with Crippen LogP contribution in [0.3, 0.4) is 0 Å². The molecule has 0 spiro atoms. The third-order valence-electron chi connectivity index (χ3n) is 2.73. The van der Waals surface area contributed by atoms with Crippen LogP contribution in [0, 0.1) is 12.7 Å². The number of hydrogen-bond acceptors (Lipinski definition) is 2. The summed E-state index contributed by atoms with van der Waals surface area (Å²) >= 11 is 0. The zero-order chi connectivity index (χ0) is 10.1. The molecule has 0 heterocycles. The van der Waals surface area contributed by atoms with E-state index in [0.29, 0.717) is 23.3 Å². The molecule has 0 amide bonds. The Morgan fingerprint density at radius 1 is 1.43 bits per heavy atom. The number of nitrogens with one attached hydrogen (secondary N) is 1. The predicted molar refractivity (Wildman–Crippen MR) is 55.8 cm³/mol. The molecule has 1 fully saturated rings. The highest BCUT2D eigenvalue weighted by atomic mass is 19.1. The van der Waals surface area contributed by atoms with Gasteiger partial charge in [-0.05, 0) is 31.4 Å². The van der Waals surface area contributed by atoms with Crippen LogP contribution < -0.4 is 11.1 Å². The van der Waals surface area contributed by atoms with Gasteiger partial charge in [0.25, 0.3) is 0 Å². The second kappa shape index (κ2) is 3.58. The van der Waals surface area contributed by atoms with Crippen molar-refractivity contribution < 1.29 is 4.39 Å². The summed E-state index contributed by atoms with van der Waals surface area (Å²) in [6.07, 6.45) is 1.88. The second-order valence-corrected chi connectivity index (χ2v) is 4.01. The van der Waals surface area contributed by atoms with Crippen molar-refractivity contribution in [3.8, 4) is 0 Å². The fourth-order valence-corrected chi connectivity index (χ4v) is 1.76. The first-order chi connectivity index (χ1) is 6.66. The second-order valence-electron chi connectivity index (χ2n) is 4.01. The molecule has 14 heavy (non-hydrogen) atoms. The maximum absolute atomic E-state index is 13.5. The molecule has 1 aliphatic carbocycles. The lowest BCUT2D eigenvalue weighted by Gasteiger charge is -2.33. The molecule has 1 saturated carbocycles. The maximum atomic E-state index is 13.5. The molecular formula is C11H15FN2. The van der Waals surface area contributed by atoms with Gasteiger partial charge in [0.2, 0.25) is 0 Å². The number of benzene rings is 1. The average molecular weight is 194 g/mol. The highest BCUT2D eigenvalue weighted by Gasteiger charge is 2.26. The third kappa shape index (κ3) is 1.73. The average Bonchev–Trinajstić information content (AvgIpc) is 2.10.